The Morgan fingerprint density at radius 1 is 0.966 bits per heavy atom. The summed E-state index contributed by atoms with van der Waals surface area (Å²) in [5.74, 6) is -0.367. The molecule has 1 aliphatic carbocycles. The van der Waals surface area contributed by atoms with Crippen molar-refractivity contribution >= 4 is 5.97 Å². The largest absolute Gasteiger partial charge is 0.456 e. The molecule has 6 nitrogen and oxygen atoms in total. The molecule has 0 radical (unpaired) electrons. The number of fused-ring (bicyclic) bond motifs is 1. The highest BCUT2D eigenvalue weighted by molar-refractivity contribution is 5.89. The van der Waals surface area contributed by atoms with Crippen molar-refractivity contribution in [2.24, 2.45) is 0 Å². The summed E-state index contributed by atoms with van der Waals surface area (Å²) in [5.41, 5.74) is 5.44. The maximum absolute atomic E-state index is 12.8. The molecule has 0 N–H and O–H groups in total. The molecule has 4 aromatic rings. The lowest BCUT2D eigenvalue weighted by atomic mass is 10.2. The molecular weight excluding hydrogens is 364 g/mol. The minimum atomic E-state index is -0.367. The molecule has 2 aromatic heterocycles. The van der Waals surface area contributed by atoms with E-state index in [9.17, 15) is 4.79 Å². The van der Waals surface area contributed by atoms with Crippen LogP contribution in [0.2, 0.25) is 0 Å². The first-order valence-corrected chi connectivity index (χ1v) is 9.72. The van der Waals surface area contributed by atoms with Gasteiger partial charge in [0.2, 0.25) is 0 Å². The Kier molecular flexibility index (Phi) is 4.44. The van der Waals surface area contributed by atoms with Gasteiger partial charge in [-0.05, 0) is 55.2 Å². The van der Waals surface area contributed by atoms with Crippen molar-refractivity contribution in [3.05, 3.63) is 95.6 Å². The Balaban J connectivity index is 1.33. The van der Waals surface area contributed by atoms with E-state index in [1.165, 1.54) is 0 Å². The standard InChI is InChI=1S/C23H20N4O2/c28-23(29-16-17-10-12-18(13-11-17)26-15-5-14-24-26)22-20-8-4-9-21(20)27(25-22)19-6-2-1-3-7-19/h1-3,5-7,10-15H,4,8-9,16H2. The van der Waals surface area contributed by atoms with Crippen molar-refractivity contribution in [1.82, 2.24) is 19.6 Å². The van der Waals surface area contributed by atoms with Crippen LogP contribution in [0.15, 0.2) is 73.1 Å². The second kappa shape index (κ2) is 7.39. The summed E-state index contributed by atoms with van der Waals surface area (Å²) in [6.45, 7) is 0.213. The average Bonchev–Trinajstić information content (AvgIpc) is 3.51. The van der Waals surface area contributed by atoms with Gasteiger partial charge in [-0.2, -0.15) is 10.2 Å². The highest BCUT2D eigenvalue weighted by Crippen LogP contribution is 2.28. The topological polar surface area (TPSA) is 61.9 Å². The molecule has 0 unspecified atom stereocenters. The Hall–Kier alpha value is -3.67. The molecule has 0 atom stereocenters. The van der Waals surface area contributed by atoms with Gasteiger partial charge in [-0.3, -0.25) is 0 Å². The zero-order valence-corrected chi connectivity index (χ0v) is 15.9. The molecule has 0 fully saturated rings. The van der Waals surface area contributed by atoms with Gasteiger partial charge < -0.3 is 4.74 Å². The fourth-order valence-electron chi connectivity index (χ4n) is 3.77. The Morgan fingerprint density at radius 2 is 1.79 bits per heavy atom. The first kappa shape index (κ1) is 17.4. The predicted molar refractivity (Wildman–Crippen MR) is 108 cm³/mol. The van der Waals surface area contributed by atoms with Gasteiger partial charge in [-0.25, -0.2) is 14.2 Å². The van der Waals surface area contributed by atoms with Crippen LogP contribution >= 0.6 is 0 Å². The van der Waals surface area contributed by atoms with Gasteiger partial charge in [0.1, 0.15) is 6.61 Å². The van der Waals surface area contributed by atoms with Crippen molar-refractivity contribution in [2.45, 2.75) is 25.9 Å². The minimum Gasteiger partial charge on any atom is -0.456 e. The summed E-state index contributed by atoms with van der Waals surface area (Å²) >= 11 is 0. The molecule has 29 heavy (non-hydrogen) atoms. The molecule has 6 heteroatoms. The van der Waals surface area contributed by atoms with Gasteiger partial charge in [0.15, 0.2) is 5.69 Å². The second-order valence-corrected chi connectivity index (χ2v) is 7.07. The van der Waals surface area contributed by atoms with E-state index in [0.717, 1.165) is 47.5 Å². The van der Waals surface area contributed by atoms with Crippen LogP contribution in [0, 0.1) is 0 Å². The van der Waals surface area contributed by atoms with E-state index in [-0.39, 0.29) is 12.6 Å². The summed E-state index contributed by atoms with van der Waals surface area (Å²) in [6, 6.07) is 19.6. The number of esters is 1. The zero-order valence-electron chi connectivity index (χ0n) is 15.9. The lowest BCUT2D eigenvalue weighted by molar-refractivity contribution is 0.0464. The Bertz CT molecular complexity index is 1130. The molecule has 5 rings (SSSR count). The van der Waals surface area contributed by atoms with Crippen LogP contribution in [-0.4, -0.2) is 25.5 Å². The Labute approximate surface area is 168 Å². The highest BCUT2D eigenvalue weighted by atomic mass is 16.5. The molecule has 0 bridgehead atoms. The number of carbonyl (C=O) groups excluding carboxylic acids is 1. The summed E-state index contributed by atoms with van der Waals surface area (Å²) in [7, 11) is 0. The molecule has 2 aromatic carbocycles. The third-order valence-corrected chi connectivity index (χ3v) is 5.20. The number of rotatable bonds is 5. The smallest absolute Gasteiger partial charge is 0.359 e. The quantitative estimate of drug-likeness (QED) is 0.490. The number of ether oxygens (including phenoxy) is 1. The third-order valence-electron chi connectivity index (χ3n) is 5.20. The van der Waals surface area contributed by atoms with Crippen LogP contribution in [0.4, 0.5) is 0 Å². The molecule has 2 heterocycles. The number of hydrogen-bond acceptors (Lipinski definition) is 4. The minimum absolute atomic E-state index is 0.213. The normalized spacial score (nSPS) is 12.7. The maximum atomic E-state index is 12.8. The van der Waals surface area contributed by atoms with Crippen LogP contribution in [0.1, 0.15) is 33.7 Å². The molecule has 144 valence electrons. The summed E-state index contributed by atoms with van der Waals surface area (Å²) in [5, 5.41) is 8.80. The number of benzene rings is 2. The number of aromatic nitrogens is 4. The van der Waals surface area contributed by atoms with Crippen LogP contribution < -0.4 is 0 Å². The van der Waals surface area contributed by atoms with Gasteiger partial charge in [0.05, 0.1) is 11.4 Å². The second-order valence-electron chi connectivity index (χ2n) is 7.07. The zero-order chi connectivity index (χ0) is 19.6. The van der Waals surface area contributed by atoms with Gasteiger partial charge in [-0.1, -0.05) is 30.3 Å². The molecule has 0 amide bonds. The lowest BCUT2D eigenvalue weighted by Crippen LogP contribution is -2.09. The van der Waals surface area contributed by atoms with Gasteiger partial charge in [0.25, 0.3) is 0 Å². The van der Waals surface area contributed by atoms with Crippen LogP contribution in [0.5, 0.6) is 0 Å². The molecule has 1 aliphatic rings. The van der Waals surface area contributed by atoms with Crippen molar-refractivity contribution in [2.75, 3.05) is 0 Å². The molecular formula is C23H20N4O2. The van der Waals surface area contributed by atoms with Gasteiger partial charge in [0, 0.05) is 23.7 Å². The van der Waals surface area contributed by atoms with E-state index in [2.05, 4.69) is 10.2 Å². The van der Waals surface area contributed by atoms with Crippen LogP contribution in [0.25, 0.3) is 11.4 Å². The molecule has 0 saturated carbocycles. The van der Waals surface area contributed by atoms with Crippen LogP contribution in [-0.2, 0) is 24.2 Å². The number of carbonyl (C=O) groups is 1. The van der Waals surface area contributed by atoms with E-state index in [4.69, 9.17) is 4.74 Å². The van der Waals surface area contributed by atoms with Crippen molar-refractivity contribution in [3.63, 3.8) is 0 Å². The fraction of sp³-hybridized carbons (Fsp3) is 0.174. The summed E-state index contributed by atoms with van der Waals surface area (Å²) in [6.07, 6.45) is 6.46. The van der Waals surface area contributed by atoms with Gasteiger partial charge in [-0.15, -0.1) is 0 Å². The first-order chi connectivity index (χ1) is 14.3. The number of para-hydroxylation sites is 1. The monoisotopic (exact) mass is 384 g/mol. The van der Waals surface area contributed by atoms with E-state index < -0.39 is 0 Å². The maximum Gasteiger partial charge on any atom is 0.359 e. The molecule has 0 aliphatic heterocycles. The highest BCUT2D eigenvalue weighted by Gasteiger charge is 2.27. The van der Waals surface area contributed by atoms with Crippen molar-refractivity contribution in [3.8, 4) is 11.4 Å². The first-order valence-electron chi connectivity index (χ1n) is 9.72. The fourth-order valence-corrected chi connectivity index (χ4v) is 3.77. The third kappa shape index (κ3) is 3.33. The summed E-state index contributed by atoms with van der Waals surface area (Å²) in [4.78, 5) is 12.8. The number of nitrogens with zero attached hydrogens (tertiary/aromatic N) is 4. The van der Waals surface area contributed by atoms with E-state index in [1.54, 1.807) is 10.9 Å². The van der Waals surface area contributed by atoms with E-state index in [1.807, 2.05) is 71.5 Å². The SMILES string of the molecule is O=C(OCc1ccc(-n2cccn2)cc1)c1nn(-c2ccccc2)c2c1CCC2. The lowest BCUT2D eigenvalue weighted by Gasteiger charge is -2.06. The molecule has 0 saturated heterocycles. The van der Waals surface area contributed by atoms with Crippen molar-refractivity contribution in [1.29, 1.82) is 0 Å². The number of hydrogen-bond donors (Lipinski definition) is 0. The van der Waals surface area contributed by atoms with Crippen LogP contribution in [0.3, 0.4) is 0 Å². The predicted octanol–water partition coefficient (Wildman–Crippen LogP) is 3.90. The van der Waals surface area contributed by atoms with E-state index >= 15 is 0 Å². The molecule has 0 spiro atoms. The summed E-state index contributed by atoms with van der Waals surface area (Å²) < 4.78 is 9.26. The Morgan fingerprint density at radius 3 is 2.55 bits per heavy atom. The average molecular weight is 384 g/mol. The van der Waals surface area contributed by atoms with Gasteiger partial charge >= 0.3 is 5.97 Å². The van der Waals surface area contributed by atoms with Crippen molar-refractivity contribution < 1.29 is 9.53 Å². The van der Waals surface area contributed by atoms with E-state index in [0.29, 0.717) is 5.69 Å².